The van der Waals surface area contributed by atoms with Gasteiger partial charge in [-0.3, -0.25) is 4.79 Å². The van der Waals surface area contributed by atoms with E-state index in [2.05, 4.69) is 10.1 Å². The molecule has 2 rings (SSSR count). The molecular weight excluding hydrogens is 324 g/mol. The number of aryl methyl sites for hydroxylation is 1. The smallest absolute Gasteiger partial charge is 0.387 e. The fourth-order valence-corrected chi connectivity index (χ4v) is 2.07. The number of halogens is 2. The molecule has 0 saturated heterocycles. The summed E-state index contributed by atoms with van der Waals surface area (Å²) in [6, 6.07) is 7.08. The van der Waals surface area contributed by atoms with Crippen LogP contribution < -0.4 is 10.1 Å². The Bertz CT molecular complexity index is 725. The van der Waals surface area contributed by atoms with Crippen LogP contribution in [0.15, 0.2) is 34.7 Å². The number of nitrogens with one attached hydrogen (secondary N) is 1. The zero-order valence-electron chi connectivity index (χ0n) is 12.7. The molecule has 2 N–H and O–H groups in total. The Morgan fingerprint density at radius 2 is 1.96 bits per heavy atom. The molecule has 0 aliphatic rings. The molecule has 24 heavy (non-hydrogen) atoms. The zero-order valence-corrected chi connectivity index (χ0v) is 12.7. The lowest BCUT2D eigenvalue weighted by Gasteiger charge is -2.06. The summed E-state index contributed by atoms with van der Waals surface area (Å²) in [5, 5.41) is 11.5. The Labute approximate surface area is 136 Å². The molecule has 0 saturated carbocycles. The first-order valence-corrected chi connectivity index (χ1v) is 6.98. The topological polar surface area (TPSA) is 88.8 Å². The van der Waals surface area contributed by atoms with Crippen LogP contribution in [0.2, 0.25) is 0 Å². The molecule has 0 aliphatic heterocycles. The Morgan fingerprint density at radius 3 is 2.50 bits per heavy atom. The highest BCUT2D eigenvalue weighted by atomic mass is 19.3. The molecule has 1 aromatic heterocycles. The fraction of sp³-hybridized carbons (Fsp3) is 0.250. The van der Waals surface area contributed by atoms with E-state index in [9.17, 15) is 18.4 Å². The first-order valence-electron chi connectivity index (χ1n) is 6.98. The lowest BCUT2D eigenvalue weighted by molar-refractivity contribution is -0.120. The van der Waals surface area contributed by atoms with E-state index in [-0.39, 0.29) is 35.9 Å². The second-order valence-electron chi connectivity index (χ2n) is 4.96. The van der Waals surface area contributed by atoms with Crippen molar-refractivity contribution >= 4 is 11.9 Å². The summed E-state index contributed by atoms with van der Waals surface area (Å²) >= 11 is 0. The van der Waals surface area contributed by atoms with Gasteiger partial charge in [0.15, 0.2) is 0 Å². The molecule has 0 aliphatic carbocycles. The van der Waals surface area contributed by atoms with Crippen molar-refractivity contribution in [3.63, 3.8) is 0 Å². The molecule has 0 radical (unpaired) electrons. The quantitative estimate of drug-likeness (QED) is 0.810. The number of rotatable bonds is 7. The van der Waals surface area contributed by atoms with Gasteiger partial charge in [0.05, 0.1) is 13.0 Å². The SMILES string of the molecule is Cc1oc(CNC(=O)Cc2ccc(OC(F)F)cc2)cc1C(=O)O. The van der Waals surface area contributed by atoms with Crippen LogP contribution in [0.3, 0.4) is 0 Å². The van der Waals surface area contributed by atoms with Crippen LogP contribution >= 0.6 is 0 Å². The number of hydrogen-bond donors (Lipinski definition) is 2. The molecule has 8 heteroatoms. The largest absolute Gasteiger partial charge is 0.478 e. The molecule has 0 unspecified atom stereocenters. The lowest BCUT2D eigenvalue weighted by Crippen LogP contribution is -2.24. The average molecular weight is 339 g/mol. The Kier molecular flexibility index (Phi) is 5.51. The van der Waals surface area contributed by atoms with Crippen molar-refractivity contribution in [2.75, 3.05) is 0 Å². The van der Waals surface area contributed by atoms with Crippen LogP contribution in [0, 0.1) is 6.92 Å². The van der Waals surface area contributed by atoms with Crippen molar-refractivity contribution in [2.24, 2.45) is 0 Å². The number of carbonyl (C=O) groups is 2. The van der Waals surface area contributed by atoms with Gasteiger partial charge in [0.1, 0.15) is 22.8 Å². The van der Waals surface area contributed by atoms with E-state index in [1.54, 1.807) is 0 Å². The highest BCUT2D eigenvalue weighted by molar-refractivity contribution is 5.88. The van der Waals surface area contributed by atoms with Crippen LogP contribution in [-0.2, 0) is 17.8 Å². The number of furan rings is 1. The zero-order chi connectivity index (χ0) is 17.7. The predicted molar refractivity (Wildman–Crippen MR) is 79.0 cm³/mol. The summed E-state index contributed by atoms with van der Waals surface area (Å²) in [7, 11) is 0. The molecular formula is C16H15F2NO5. The number of amides is 1. The van der Waals surface area contributed by atoms with Crippen LogP contribution in [0.5, 0.6) is 5.75 Å². The van der Waals surface area contributed by atoms with Crippen molar-refractivity contribution < 1.29 is 32.6 Å². The van der Waals surface area contributed by atoms with E-state index in [1.807, 2.05) is 0 Å². The van der Waals surface area contributed by atoms with Crippen molar-refractivity contribution in [1.29, 1.82) is 0 Å². The minimum Gasteiger partial charge on any atom is -0.478 e. The molecule has 0 spiro atoms. The van der Waals surface area contributed by atoms with E-state index in [4.69, 9.17) is 9.52 Å². The third-order valence-electron chi connectivity index (χ3n) is 3.17. The lowest BCUT2D eigenvalue weighted by atomic mass is 10.1. The van der Waals surface area contributed by atoms with Crippen LogP contribution in [0.25, 0.3) is 0 Å². The monoisotopic (exact) mass is 339 g/mol. The summed E-state index contributed by atoms with van der Waals surface area (Å²) in [4.78, 5) is 22.8. The van der Waals surface area contributed by atoms with Crippen molar-refractivity contribution in [3.05, 3.63) is 53.0 Å². The second kappa shape index (κ2) is 7.58. The number of ether oxygens (including phenoxy) is 1. The van der Waals surface area contributed by atoms with Gasteiger partial charge in [-0.1, -0.05) is 12.1 Å². The first kappa shape index (κ1) is 17.5. The number of carboxylic acid groups (broad SMARTS) is 1. The van der Waals surface area contributed by atoms with Gasteiger partial charge >= 0.3 is 12.6 Å². The van der Waals surface area contributed by atoms with Gasteiger partial charge in [0.2, 0.25) is 5.91 Å². The van der Waals surface area contributed by atoms with Gasteiger partial charge < -0.3 is 19.6 Å². The number of carboxylic acids is 1. The standard InChI is InChI=1S/C16H15F2NO5/c1-9-13(15(21)22)7-12(23-9)8-19-14(20)6-10-2-4-11(5-3-10)24-16(17)18/h2-5,7,16H,6,8H2,1H3,(H,19,20)(H,21,22). The van der Waals surface area contributed by atoms with Gasteiger partial charge in [-0.25, -0.2) is 4.79 Å². The molecule has 1 heterocycles. The molecule has 1 amide bonds. The Hall–Kier alpha value is -2.90. The third kappa shape index (κ3) is 4.80. The maximum Gasteiger partial charge on any atom is 0.387 e. The van der Waals surface area contributed by atoms with Crippen molar-refractivity contribution in [1.82, 2.24) is 5.32 Å². The molecule has 0 atom stereocenters. The molecule has 128 valence electrons. The highest BCUT2D eigenvalue weighted by Crippen LogP contribution is 2.16. The summed E-state index contributed by atoms with van der Waals surface area (Å²) in [6.07, 6.45) is 0.0421. The number of aromatic carboxylic acids is 1. The predicted octanol–water partition coefficient (Wildman–Crippen LogP) is 2.75. The summed E-state index contributed by atoms with van der Waals surface area (Å²) in [5.41, 5.74) is 0.671. The third-order valence-corrected chi connectivity index (χ3v) is 3.17. The normalized spacial score (nSPS) is 10.7. The number of benzene rings is 1. The van der Waals surface area contributed by atoms with Gasteiger partial charge in [-0.2, -0.15) is 8.78 Å². The summed E-state index contributed by atoms with van der Waals surface area (Å²) in [6.45, 7) is -1.32. The Balaban J connectivity index is 1.87. The van der Waals surface area contributed by atoms with E-state index < -0.39 is 12.6 Å². The second-order valence-corrected chi connectivity index (χ2v) is 4.96. The minimum atomic E-state index is -2.90. The fourth-order valence-electron chi connectivity index (χ4n) is 2.07. The van der Waals surface area contributed by atoms with Crippen molar-refractivity contribution in [2.45, 2.75) is 26.5 Å². The number of alkyl halides is 2. The first-order chi connectivity index (χ1) is 11.3. The maximum atomic E-state index is 12.0. The van der Waals surface area contributed by atoms with Crippen LogP contribution in [-0.4, -0.2) is 23.6 Å². The van der Waals surface area contributed by atoms with Gasteiger partial charge in [0.25, 0.3) is 0 Å². The minimum absolute atomic E-state index is 0.0152. The van der Waals surface area contributed by atoms with Gasteiger partial charge in [-0.05, 0) is 30.7 Å². The molecule has 6 nitrogen and oxygen atoms in total. The molecule has 1 aromatic carbocycles. The van der Waals surface area contributed by atoms with Crippen LogP contribution in [0.1, 0.15) is 27.4 Å². The van der Waals surface area contributed by atoms with E-state index in [0.717, 1.165) is 0 Å². The highest BCUT2D eigenvalue weighted by Gasteiger charge is 2.14. The van der Waals surface area contributed by atoms with E-state index in [0.29, 0.717) is 11.3 Å². The van der Waals surface area contributed by atoms with Crippen LogP contribution in [0.4, 0.5) is 8.78 Å². The summed E-state index contributed by atoms with van der Waals surface area (Å²) < 4.78 is 33.5. The van der Waals surface area contributed by atoms with E-state index >= 15 is 0 Å². The average Bonchev–Trinajstić information content (AvgIpc) is 2.88. The van der Waals surface area contributed by atoms with Gasteiger partial charge in [-0.15, -0.1) is 0 Å². The maximum absolute atomic E-state index is 12.0. The van der Waals surface area contributed by atoms with E-state index in [1.165, 1.54) is 37.3 Å². The number of carbonyl (C=O) groups excluding carboxylic acids is 1. The Morgan fingerprint density at radius 1 is 1.29 bits per heavy atom. The summed E-state index contributed by atoms with van der Waals surface area (Å²) in [5.74, 6) is -0.801. The molecule has 0 bridgehead atoms. The van der Waals surface area contributed by atoms with Gasteiger partial charge in [0, 0.05) is 0 Å². The van der Waals surface area contributed by atoms with Crippen molar-refractivity contribution in [3.8, 4) is 5.75 Å². The molecule has 0 fully saturated rings. The molecule has 2 aromatic rings. The number of hydrogen-bond acceptors (Lipinski definition) is 4.